The van der Waals surface area contributed by atoms with Crippen molar-refractivity contribution in [2.45, 2.75) is 18.7 Å². The van der Waals surface area contributed by atoms with Crippen LogP contribution < -0.4 is 10.2 Å². The molecule has 0 fully saturated rings. The van der Waals surface area contributed by atoms with Crippen molar-refractivity contribution in [3.05, 3.63) is 99.5 Å². The van der Waals surface area contributed by atoms with Crippen molar-refractivity contribution in [1.29, 1.82) is 0 Å². The summed E-state index contributed by atoms with van der Waals surface area (Å²) in [6, 6.07) is 22.2. The van der Waals surface area contributed by atoms with E-state index in [2.05, 4.69) is 5.32 Å². The third-order valence-electron chi connectivity index (χ3n) is 4.93. The molecular weight excluding hydrogens is 416 g/mol. The summed E-state index contributed by atoms with van der Waals surface area (Å²) >= 11 is 7.24. The van der Waals surface area contributed by atoms with Gasteiger partial charge in [0.2, 0.25) is 0 Å². The highest BCUT2D eigenvalue weighted by atomic mass is 35.5. The lowest BCUT2D eigenvalue weighted by Gasteiger charge is -2.19. The number of anilines is 2. The van der Waals surface area contributed by atoms with Gasteiger partial charge in [-0.15, -0.1) is 0 Å². The number of nitrogens with zero attached hydrogens (tertiary/aromatic N) is 1. The van der Waals surface area contributed by atoms with Gasteiger partial charge in [0.1, 0.15) is 10.6 Å². The molecule has 1 N–H and O–H groups in total. The highest BCUT2D eigenvalue weighted by Gasteiger charge is 2.40. The number of hydrogen-bond acceptors (Lipinski definition) is 4. The maximum atomic E-state index is 13.4. The fraction of sp³-hybridized carbons (Fsp3) is 0.0833. The Balaban J connectivity index is 1.77. The Bertz CT molecular complexity index is 1160. The Morgan fingerprint density at radius 1 is 0.833 bits per heavy atom. The Hall–Kier alpha value is -3.02. The molecule has 0 unspecified atom stereocenters. The molecule has 0 bridgehead atoms. The van der Waals surface area contributed by atoms with Gasteiger partial charge >= 0.3 is 0 Å². The third kappa shape index (κ3) is 3.86. The number of rotatable bonds is 5. The summed E-state index contributed by atoms with van der Waals surface area (Å²) < 4.78 is 0. The SMILES string of the molecule is Cc1cccc(N2C(=O)C(Nc3ccccc3)=C(Sc3ccc(Cl)cc3)C2=O)c1C. The van der Waals surface area contributed by atoms with Gasteiger partial charge < -0.3 is 5.32 Å². The number of carbonyl (C=O) groups is 2. The number of carbonyl (C=O) groups excluding carboxylic acids is 2. The van der Waals surface area contributed by atoms with Gasteiger partial charge in [-0.2, -0.15) is 0 Å². The number of imide groups is 1. The maximum Gasteiger partial charge on any atom is 0.283 e. The van der Waals surface area contributed by atoms with E-state index in [4.69, 9.17) is 11.6 Å². The van der Waals surface area contributed by atoms with Crippen molar-refractivity contribution >= 4 is 46.6 Å². The predicted molar refractivity (Wildman–Crippen MR) is 123 cm³/mol. The number of para-hydroxylation sites is 1. The van der Waals surface area contributed by atoms with Crippen molar-refractivity contribution in [2.75, 3.05) is 10.2 Å². The van der Waals surface area contributed by atoms with Gasteiger partial charge in [0.25, 0.3) is 11.8 Å². The Morgan fingerprint density at radius 2 is 1.53 bits per heavy atom. The lowest BCUT2D eigenvalue weighted by atomic mass is 10.1. The molecule has 0 saturated carbocycles. The molecule has 1 aliphatic rings. The van der Waals surface area contributed by atoms with E-state index in [1.54, 1.807) is 18.2 Å². The highest BCUT2D eigenvalue weighted by molar-refractivity contribution is 8.04. The van der Waals surface area contributed by atoms with Gasteiger partial charge in [-0.25, -0.2) is 4.90 Å². The van der Waals surface area contributed by atoms with Crippen LogP contribution in [0, 0.1) is 13.8 Å². The van der Waals surface area contributed by atoms with Crippen LogP contribution in [-0.2, 0) is 9.59 Å². The molecule has 2 amide bonds. The molecule has 0 radical (unpaired) electrons. The lowest BCUT2D eigenvalue weighted by molar-refractivity contribution is -0.120. The zero-order chi connectivity index (χ0) is 21.3. The minimum absolute atomic E-state index is 0.270. The van der Waals surface area contributed by atoms with Crippen LogP contribution in [0.4, 0.5) is 11.4 Å². The lowest BCUT2D eigenvalue weighted by Crippen LogP contribution is -2.33. The molecule has 4 rings (SSSR count). The Kier molecular flexibility index (Phi) is 5.66. The fourth-order valence-electron chi connectivity index (χ4n) is 3.20. The molecule has 3 aromatic carbocycles. The van der Waals surface area contributed by atoms with Gasteiger partial charge in [-0.3, -0.25) is 9.59 Å². The van der Waals surface area contributed by atoms with Crippen LogP contribution in [0.25, 0.3) is 0 Å². The van der Waals surface area contributed by atoms with Crippen molar-refractivity contribution in [2.24, 2.45) is 0 Å². The van der Waals surface area contributed by atoms with Crippen LogP contribution in [0.5, 0.6) is 0 Å². The Labute approximate surface area is 184 Å². The van der Waals surface area contributed by atoms with E-state index in [-0.39, 0.29) is 17.5 Å². The normalized spacial score (nSPS) is 13.9. The molecule has 150 valence electrons. The van der Waals surface area contributed by atoms with E-state index in [0.29, 0.717) is 15.6 Å². The molecule has 30 heavy (non-hydrogen) atoms. The number of hydrogen-bond donors (Lipinski definition) is 1. The van der Waals surface area contributed by atoms with Crippen LogP contribution in [0.2, 0.25) is 5.02 Å². The monoisotopic (exact) mass is 434 g/mol. The zero-order valence-corrected chi connectivity index (χ0v) is 18.1. The van der Waals surface area contributed by atoms with E-state index in [1.165, 1.54) is 16.7 Å². The first kappa shape index (κ1) is 20.3. The summed E-state index contributed by atoms with van der Waals surface area (Å²) in [5.41, 5.74) is 3.53. The number of thioether (sulfide) groups is 1. The molecule has 0 atom stereocenters. The first-order chi connectivity index (χ1) is 14.5. The topological polar surface area (TPSA) is 49.4 Å². The minimum Gasteiger partial charge on any atom is -0.350 e. The standard InChI is InChI=1S/C24H19ClN2O2S/c1-15-7-6-10-20(16(15)2)27-23(28)21(26-18-8-4-3-5-9-18)22(24(27)29)30-19-13-11-17(25)12-14-19/h3-14,26H,1-2H3. The molecular formula is C24H19ClN2O2S. The molecule has 4 nitrogen and oxygen atoms in total. The van der Waals surface area contributed by atoms with Gasteiger partial charge in [0.15, 0.2) is 0 Å². The number of nitrogens with one attached hydrogen (secondary N) is 1. The van der Waals surface area contributed by atoms with Crippen LogP contribution in [-0.4, -0.2) is 11.8 Å². The first-order valence-corrected chi connectivity index (χ1v) is 10.6. The summed E-state index contributed by atoms with van der Waals surface area (Å²) in [7, 11) is 0. The average Bonchev–Trinajstić information content (AvgIpc) is 2.96. The molecule has 0 saturated heterocycles. The average molecular weight is 435 g/mol. The summed E-state index contributed by atoms with van der Waals surface area (Å²) in [6.07, 6.45) is 0. The van der Waals surface area contributed by atoms with Crippen LogP contribution in [0.1, 0.15) is 11.1 Å². The fourth-order valence-corrected chi connectivity index (χ4v) is 4.25. The van der Waals surface area contributed by atoms with Crippen molar-refractivity contribution in [3.63, 3.8) is 0 Å². The van der Waals surface area contributed by atoms with Gasteiger partial charge in [0.05, 0.1) is 5.69 Å². The van der Waals surface area contributed by atoms with E-state index < -0.39 is 0 Å². The van der Waals surface area contributed by atoms with E-state index >= 15 is 0 Å². The van der Waals surface area contributed by atoms with Crippen LogP contribution >= 0.6 is 23.4 Å². The molecule has 3 aromatic rings. The predicted octanol–water partition coefficient (Wildman–Crippen LogP) is 5.95. The number of amides is 2. The van der Waals surface area contributed by atoms with Gasteiger partial charge in [-0.1, -0.05) is 53.7 Å². The second kappa shape index (κ2) is 8.38. The van der Waals surface area contributed by atoms with E-state index in [9.17, 15) is 9.59 Å². The molecule has 0 aliphatic carbocycles. The molecule has 6 heteroatoms. The summed E-state index contributed by atoms with van der Waals surface area (Å²) in [5.74, 6) is -0.707. The molecule has 1 aliphatic heterocycles. The quantitative estimate of drug-likeness (QED) is 0.504. The van der Waals surface area contributed by atoms with Crippen molar-refractivity contribution in [1.82, 2.24) is 0 Å². The van der Waals surface area contributed by atoms with E-state index in [0.717, 1.165) is 21.7 Å². The largest absolute Gasteiger partial charge is 0.350 e. The van der Waals surface area contributed by atoms with Gasteiger partial charge in [0, 0.05) is 15.6 Å². The maximum absolute atomic E-state index is 13.4. The smallest absolute Gasteiger partial charge is 0.283 e. The number of halogens is 1. The van der Waals surface area contributed by atoms with E-state index in [1.807, 2.05) is 68.4 Å². The highest BCUT2D eigenvalue weighted by Crippen LogP contribution is 2.39. The van der Waals surface area contributed by atoms with Crippen molar-refractivity contribution in [3.8, 4) is 0 Å². The second-order valence-corrected chi connectivity index (χ2v) is 8.44. The van der Waals surface area contributed by atoms with Crippen LogP contribution in [0.3, 0.4) is 0 Å². The number of benzene rings is 3. The zero-order valence-electron chi connectivity index (χ0n) is 16.5. The van der Waals surface area contributed by atoms with Gasteiger partial charge in [-0.05, 0) is 67.4 Å². The summed E-state index contributed by atoms with van der Waals surface area (Å²) in [6.45, 7) is 3.88. The second-order valence-electron chi connectivity index (χ2n) is 6.92. The summed E-state index contributed by atoms with van der Waals surface area (Å²) in [4.78, 5) is 29.2. The third-order valence-corrected chi connectivity index (χ3v) is 6.28. The van der Waals surface area contributed by atoms with Crippen molar-refractivity contribution < 1.29 is 9.59 Å². The Morgan fingerprint density at radius 3 is 2.23 bits per heavy atom. The molecule has 0 spiro atoms. The molecule has 0 aromatic heterocycles. The minimum atomic E-state index is -0.367. The number of aryl methyl sites for hydroxylation is 1. The first-order valence-electron chi connectivity index (χ1n) is 9.40. The summed E-state index contributed by atoms with van der Waals surface area (Å²) in [5, 5.41) is 3.77. The van der Waals surface area contributed by atoms with Crippen LogP contribution in [0.15, 0.2) is 88.3 Å². The molecule has 1 heterocycles.